The van der Waals surface area contributed by atoms with Gasteiger partial charge in [-0.1, -0.05) is 35.3 Å². The molecule has 2 fully saturated rings. The summed E-state index contributed by atoms with van der Waals surface area (Å²) < 4.78 is 0. The molecule has 4 heteroatoms. The number of rotatable bonds is 4. The van der Waals surface area contributed by atoms with E-state index >= 15 is 0 Å². The van der Waals surface area contributed by atoms with Crippen LogP contribution in [0, 0.1) is 0 Å². The van der Waals surface area contributed by atoms with Crippen molar-refractivity contribution in [3.63, 3.8) is 0 Å². The van der Waals surface area contributed by atoms with E-state index < -0.39 is 0 Å². The molecule has 0 atom stereocenters. The minimum Gasteiger partial charge on any atom is -0.371 e. The third kappa shape index (κ3) is 3.75. The summed E-state index contributed by atoms with van der Waals surface area (Å²) in [6.45, 7) is 4.55. The molecule has 0 bridgehead atoms. The molecule has 2 aromatic rings. The van der Waals surface area contributed by atoms with Crippen LogP contribution >= 0.6 is 23.2 Å². The van der Waals surface area contributed by atoms with E-state index in [9.17, 15) is 0 Å². The van der Waals surface area contributed by atoms with Crippen molar-refractivity contribution in [3.8, 4) is 0 Å². The summed E-state index contributed by atoms with van der Waals surface area (Å²) in [5.41, 5.74) is 4.75. The van der Waals surface area contributed by atoms with Gasteiger partial charge in [-0.15, -0.1) is 0 Å². The van der Waals surface area contributed by atoms with E-state index in [0.717, 1.165) is 53.8 Å². The van der Waals surface area contributed by atoms with Crippen LogP contribution in [0.3, 0.4) is 0 Å². The fourth-order valence-electron chi connectivity index (χ4n) is 3.91. The lowest BCUT2D eigenvalue weighted by Gasteiger charge is -2.20. The zero-order valence-electron chi connectivity index (χ0n) is 14.5. The number of halogens is 2. The molecule has 25 heavy (non-hydrogen) atoms. The zero-order valence-corrected chi connectivity index (χ0v) is 16.0. The summed E-state index contributed by atoms with van der Waals surface area (Å²) in [5.74, 6) is 0. The Morgan fingerprint density at radius 3 is 1.40 bits per heavy atom. The van der Waals surface area contributed by atoms with Crippen molar-refractivity contribution in [2.45, 2.75) is 32.1 Å². The SMILES string of the molecule is Clc1cc(N2CCCC2)ccc1Cc1ccc(N2CCCC2)cc1Cl. The van der Waals surface area contributed by atoms with Crippen LogP contribution in [0.4, 0.5) is 11.4 Å². The summed E-state index contributed by atoms with van der Waals surface area (Å²) in [7, 11) is 0. The molecule has 2 nitrogen and oxygen atoms in total. The molecule has 0 N–H and O–H groups in total. The second-order valence-electron chi connectivity index (χ2n) is 7.12. The minimum absolute atomic E-state index is 0.776. The van der Waals surface area contributed by atoms with Crippen LogP contribution in [-0.4, -0.2) is 26.2 Å². The Morgan fingerprint density at radius 1 is 0.640 bits per heavy atom. The monoisotopic (exact) mass is 374 g/mol. The highest BCUT2D eigenvalue weighted by molar-refractivity contribution is 6.32. The summed E-state index contributed by atoms with van der Waals surface area (Å²) in [5, 5.41) is 1.67. The summed E-state index contributed by atoms with van der Waals surface area (Å²) >= 11 is 13.1. The van der Waals surface area contributed by atoms with E-state index in [1.807, 2.05) is 0 Å². The third-order valence-electron chi connectivity index (χ3n) is 5.40. The first-order valence-electron chi connectivity index (χ1n) is 9.27. The zero-order chi connectivity index (χ0) is 17.2. The fourth-order valence-corrected chi connectivity index (χ4v) is 4.39. The van der Waals surface area contributed by atoms with Crippen LogP contribution in [0.15, 0.2) is 36.4 Å². The van der Waals surface area contributed by atoms with Gasteiger partial charge >= 0.3 is 0 Å². The van der Waals surface area contributed by atoms with Gasteiger partial charge in [0.15, 0.2) is 0 Å². The van der Waals surface area contributed by atoms with Crippen molar-refractivity contribution in [1.82, 2.24) is 0 Å². The Bertz CT molecular complexity index is 684. The first kappa shape index (κ1) is 17.1. The van der Waals surface area contributed by atoms with Gasteiger partial charge in [-0.25, -0.2) is 0 Å². The van der Waals surface area contributed by atoms with Crippen LogP contribution in [-0.2, 0) is 6.42 Å². The molecule has 0 spiro atoms. The molecule has 0 aliphatic carbocycles. The van der Waals surface area contributed by atoms with Gasteiger partial charge in [0.25, 0.3) is 0 Å². The molecular formula is C21H24Cl2N2. The highest BCUT2D eigenvalue weighted by atomic mass is 35.5. The summed E-state index contributed by atoms with van der Waals surface area (Å²) in [4.78, 5) is 4.82. The van der Waals surface area contributed by atoms with Gasteiger partial charge in [0, 0.05) is 54.0 Å². The molecule has 4 rings (SSSR count). The van der Waals surface area contributed by atoms with Crippen LogP contribution in [0.1, 0.15) is 36.8 Å². The largest absolute Gasteiger partial charge is 0.371 e. The molecule has 132 valence electrons. The summed E-state index contributed by atoms with van der Waals surface area (Å²) in [6.07, 6.45) is 5.88. The van der Waals surface area contributed by atoms with Crippen molar-refractivity contribution >= 4 is 34.6 Å². The Balaban J connectivity index is 1.51. The molecule has 0 amide bonds. The van der Waals surface area contributed by atoms with E-state index in [0.29, 0.717) is 0 Å². The maximum atomic E-state index is 6.57. The van der Waals surface area contributed by atoms with Crippen LogP contribution < -0.4 is 9.80 Å². The van der Waals surface area contributed by atoms with Crippen molar-refractivity contribution in [2.24, 2.45) is 0 Å². The molecular weight excluding hydrogens is 351 g/mol. The van der Waals surface area contributed by atoms with E-state index in [1.165, 1.54) is 37.1 Å². The normalized spacial score (nSPS) is 17.5. The molecule has 0 aromatic heterocycles. The molecule has 0 unspecified atom stereocenters. The second-order valence-corrected chi connectivity index (χ2v) is 7.93. The van der Waals surface area contributed by atoms with Gasteiger partial charge in [0.05, 0.1) is 0 Å². The predicted octanol–water partition coefficient (Wildman–Crippen LogP) is 5.78. The predicted molar refractivity (Wildman–Crippen MR) is 109 cm³/mol. The maximum absolute atomic E-state index is 6.57. The smallest absolute Gasteiger partial charge is 0.0461 e. The Hall–Kier alpha value is -1.38. The number of hydrogen-bond acceptors (Lipinski definition) is 2. The van der Waals surface area contributed by atoms with Gasteiger partial charge < -0.3 is 9.80 Å². The number of hydrogen-bond donors (Lipinski definition) is 0. The molecule has 2 aliphatic rings. The third-order valence-corrected chi connectivity index (χ3v) is 6.10. The number of nitrogens with zero attached hydrogens (tertiary/aromatic N) is 2. The second kappa shape index (κ2) is 7.47. The highest BCUT2D eigenvalue weighted by Gasteiger charge is 2.16. The van der Waals surface area contributed by atoms with Crippen molar-refractivity contribution in [1.29, 1.82) is 0 Å². The van der Waals surface area contributed by atoms with Crippen LogP contribution in [0.5, 0.6) is 0 Å². The van der Waals surface area contributed by atoms with Crippen molar-refractivity contribution in [2.75, 3.05) is 36.0 Å². The number of benzene rings is 2. The van der Waals surface area contributed by atoms with E-state index in [-0.39, 0.29) is 0 Å². The Kier molecular flexibility index (Phi) is 5.10. The molecule has 2 saturated heterocycles. The molecule has 2 aliphatic heterocycles. The van der Waals surface area contributed by atoms with Gasteiger partial charge in [0.2, 0.25) is 0 Å². The molecule has 2 aromatic carbocycles. The maximum Gasteiger partial charge on any atom is 0.0461 e. The highest BCUT2D eigenvalue weighted by Crippen LogP contribution is 2.31. The Morgan fingerprint density at radius 2 is 1.04 bits per heavy atom. The average molecular weight is 375 g/mol. The van der Waals surface area contributed by atoms with Gasteiger partial charge in [-0.3, -0.25) is 0 Å². The van der Waals surface area contributed by atoms with Crippen molar-refractivity contribution in [3.05, 3.63) is 57.6 Å². The minimum atomic E-state index is 0.776. The quantitative estimate of drug-likeness (QED) is 0.668. The molecule has 0 radical (unpaired) electrons. The van der Waals surface area contributed by atoms with Crippen LogP contribution in [0.2, 0.25) is 10.0 Å². The van der Waals surface area contributed by atoms with Crippen molar-refractivity contribution < 1.29 is 0 Å². The van der Waals surface area contributed by atoms with Crippen LogP contribution in [0.25, 0.3) is 0 Å². The molecule has 0 saturated carbocycles. The standard InChI is InChI=1S/C21H24Cl2N2/c22-20-14-18(24-9-1-2-10-24)7-5-16(20)13-17-6-8-19(15-21(17)23)25-11-3-4-12-25/h5-8,14-15H,1-4,9-13H2. The Labute approximate surface area is 160 Å². The lowest BCUT2D eigenvalue weighted by molar-refractivity contribution is 0.949. The molecule has 2 heterocycles. The van der Waals surface area contributed by atoms with E-state index in [1.54, 1.807) is 0 Å². The average Bonchev–Trinajstić information content (AvgIpc) is 3.31. The van der Waals surface area contributed by atoms with Gasteiger partial charge in [-0.2, -0.15) is 0 Å². The first-order valence-corrected chi connectivity index (χ1v) is 10.0. The first-order chi connectivity index (χ1) is 12.2. The van der Waals surface area contributed by atoms with E-state index in [4.69, 9.17) is 23.2 Å². The fraction of sp³-hybridized carbons (Fsp3) is 0.429. The van der Waals surface area contributed by atoms with Gasteiger partial charge in [-0.05, 0) is 61.1 Å². The number of anilines is 2. The van der Waals surface area contributed by atoms with Gasteiger partial charge in [0.1, 0.15) is 0 Å². The topological polar surface area (TPSA) is 6.48 Å². The van der Waals surface area contributed by atoms with E-state index in [2.05, 4.69) is 46.2 Å². The lowest BCUT2D eigenvalue weighted by Crippen LogP contribution is -2.17. The lowest BCUT2D eigenvalue weighted by atomic mass is 10.0. The summed E-state index contributed by atoms with van der Waals surface area (Å²) in [6, 6.07) is 12.9.